The van der Waals surface area contributed by atoms with Gasteiger partial charge in [0.1, 0.15) is 0 Å². The van der Waals surface area contributed by atoms with E-state index in [-0.39, 0.29) is 6.42 Å². The summed E-state index contributed by atoms with van der Waals surface area (Å²) in [5, 5.41) is 8.78. The summed E-state index contributed by atoms with van der Waals surface area (Å²) in [6, 6.07) is 8.00. The third kappa shape index (κ3) is 4.55. The van der Waals surface area contributed by atoms with Crippen LogP contribution in [-0.4, -0.2) is 53.6 Å². The summed E-state index contributed by atoms with van der Waals surface area (Å²) in [5.41, 5.74) is 2.15. The van der Waals surface area contributed by atoms with Gasteiger partial charge in [0.05, 0.1) is 6.42 Å². The van der Waals surface area contributed by atoms with E-state index in [2.05, 4.69) is 21.9 Å². The van der Waals surface area contributed by atoms with Crippen molar-refractivity contribution in [2.45, 2.75) is 25.8 Å². The number of benzene rings is 1. The first-order chi connectivity index (χ1) is 10.2. The first kappa shape index (κ1) is 14.5. The standard InChI is InChI=1S/C17H24N2O2/c20-17(21)11-14-1-3-15(4-2-14)12-18-7-9-19(10-8-18)13-16-5-6-16/h1-4,16H,5-13H2,(H,20,21). The molecule has 0 bridgehead atoms. The number of carboxylic acid groups (broad SMARTS) is 1. The number of nitrogens with zero attached hydrogens (tertiary/aromatic N) is 2. The number of hydrogen-bond donors (Lipinski definition) is 1. The predicted molar refractivity (Wildman–Crippen MR) is 82.2 cm³/mol. The second kappa shape index (κ2) is 6.58. The minimum atomic E-state index is -0.769. The highest BCUT2D eigenvalue weighted by molar-refractivity contribution is 5.70. The van der Waals surface area contributed by atoms with Gasteiger partial charge in [0.2, 0.25) is 0 Å². The van der Waals surface area contributed by atoms with Gasteiger partial charge in [-0.2, -0.15) is 0 Å². The van der Waals surface area contributed by atoms with Crippen molar-refractivity contribution in [3.05, 3.63) is 35.4 Å². The topological polar surface area (TPSA) is 43.8 Å². The van der Waals surface area contributed by atoms with Crippen molar-refractivity contribution in [3.8, 4) is 0 Å². The molecule has 3 rings (SSSR count). The van der Waals surface area contributed by atoms with Crippen LogP contribution in [-0.2, 0) is 17.8 Å². The van der Waals surface area contributed by atoms with Crippen LogP contribution in [0.1, 0.15) is 24.0 Å². The van der Waals surface area contributed by atoms with Crippen molar-refractivity contribution in [2.75, 3.05) is 32.7 Å². The number of hydrogen-bond acceptors (Lipinski definition) is 3. The van der Waals surface area contributed by atoms with Crippen LogP contribution in [0.2, 0.25) is 0 Å². The average Bonchev–Trinajstić information content (AvgIpc) is 3.27. The Balaban J connectivity index is 1.44. The van der Waals surface area contributed by atoms with Crippen LogP contribution in [0.15, 0.2) is 24.3 Å². The maximum atomic E-state index is 10.7. The fourth-order valence-electron chi connectivity index (χ4n) is 2.99. The van der Waals surface area contributed by atoms with Crippen molar-refractivity contribution in [3.63, 3.8) is 0 Å². The molecule has 21 heavy (non-hydrogen) atoms. The van der Waals surface area contributed by atoms with Crippen molar-refractivity contribution in [1.29, 1.82) is 0 Å². The van der Waals surface area contributed by atoms with Crippen molar-refractivity contribution >= 4 is 5.97 Å². The van der Waals surface area contributed by atoms with Crippen molar-refractivity contribution in [1.82, 2.24) is 9.80 Å². The maximum Gasteiger partial charge on any atom is 0.307 e. The summed E-state index contributed by atoms with van der Waals surface area (Å²) >= 11 is 0. The van der Waals surface area contributed by atoms with Crippen LogP contribution in [0, 0.1) is 5.92 Å². The molecule has 1 aromatic rings. The predicted octanol–water partition coefficient (Wildman–Crippen LogP) is 1.84. The number of rotatable bonds is 6. The van der Waals surface area contributed by atoms with Gasteiger partial charge in [0.15, 0.2) is 0 Å². The molecule has 1 saturated heterocycles. The quantitative estimate of drug-likeness (QED) is 0.867. The molecule has 1 N–H and O–H groups in total. The second-order valence-corrected chi connectivity index (χ2v) is 6.41. The zero-order chi connectivity index (χ0) is 14.7. The molecule has 0 atom stereocenters. The molecule has 0 amide bonds. The Morgan fingerprint density at radius 1 is 1.00 bits per heavy atom. The number of piperazine rings is 1. The lowest BCUT2D eigenvalue weighted by Crippen LogP contribution is -2.46. The molecule has 0 radical (unpaired) electrons. The van der Waals surface area contributed by atoms with E-state index in [4.69, 9.17) is 5.11 Å². The second-order valence-electron chi connectivity index (χ2n) is 6.41. The van der Waals surface area contributed by atoms with E-state index in [9.17, 15) is 4.79 Å². The van der Waals surface area contributed by atoms with Gasteiger partial charge in [0, 0.05) is 39.3 Å². The van der Waals surface area contributed by atoms with Gasteiger partial charge < -0.3 is 10.0 Å². The van der Waals surface area contributed by atoms with Crippen LogP contribution >= 0.6 is 0 Å². The highest BCUT2D eigenvalue weighted by Crippen LogP contribution is 2.29. The lowest BCUT2D eigenvalue weighted by Gasteiger charge is -2.34. The molecule has 1 saturated carbocycles. The van der Waals surface area contributed by atoms with Gasteiger partial charge in [-0.3, -0.25) is 9.69 Å². The molecule has 1 aliphatic carbocycles. The molecule has 0 aromatic heterocycles. The first-order valence-corrected chi connectivity index (χ1v) is 7.93. The van der Waals surface area contributed by atoms with E-state index >= 15 is 0 Å². The van der Waals surface area contributed by atoms with Gasteiger partial charge in [0.25, 0.3) is 0 Å². The third-order valence-electron chi connectivity index (χ3n) is 4.46. The molecular weight excluding hydrogens is 264 g/mol. The molecule has 0 unspecified atom stereocenters. The molecular formula is C17H24N2O2. The largest absolute Gasteiger partial charge is 0.481 e. The van der Waals surface area contributed by atoms with E-state index in [0.29, 0.717) is 0 Å². The summed E-state index contributed by atoms with van der Waals surface area (Å²) in [6.45, 7) is 6.94. The zero-order valence-electron chi connectivity index (χ0n) is 12.5. The Labute approximate surface area is 126 Å². The lowest BCUT2D eigenvalue weighted by atomic mass is 10.1. The minimum absolute atomic E-state index is 0.111. The van der Waals surface area contributed by atoms with E-state index in [1.54, 1.807) is 0 Å². The maximum absolute atomic E-state index is 10.7. The Morgan fingerprint density at radius 3 is 2.14 bits per heavy atom. The van der Waals surface area contributed by atoms with Gasteiger partial charge >= 0.3 is 5.97 Å². The van der Waals surface area contributed by atoms with E-state index in [0.717, 1.165) is 31.1 Å². The molecule has 114 valence electrons. The molecule has 1 aromatic carbocycles. The third-order valence-corrected chi connectivity index (χ3v) is 4.46. The molecule has 4 nitrogen and oxygen atoms in total. The van der Waals surface area contributed by atoms with Crippen molar-refractivity contribution in [2.24, 2.45) is 5.92 Å². The van der Waals surface area contributed by atoms with Crippen molar-refractivity contribution < 1.29 is 9.90 Å². The summed E-state index contributed by atoms with van der Waals surface area (Å²) < 4.78 is 0. The van der Waals surface area contributed by atoms with Crippen LogP contribution in [0.3, 0.4) is 0 Å². The molecule has 2 aliphatic rings. The van der Waals surface area contributed by atoms with Crippen LogP contribution in [0.4, 0.5) is 0 Å². The summed E-state index contributed by atoms with van der Waals surface area (Å²) in [4.78, 5) is 15.8. The molecule has 2 fully saturated rings. The monoisotopic (exact) mass is 288 g/mol. The zero-order valence-corrected chi connectivity index (χ0v) is 12.5. The Bertz CT molecular complexity index is 474. The summed E-state index contributed by atoms with van der Waals surface area (Å²) in [5.74, 6) is 0.216. The lowest BCUT2D eigenvalue weighted by molar-refractivity contribution is -0.136. The first-order valence-electron chi connectivity index (χ1n) is 7.93. The van der Waals surface area contributed by atoms with Gasteiger partial charge in [-0.05, 0) is 29.9 Å². The van der Waals surface area contributed by atoms with E-state index < -0.39 is 5.97 Å². The van der Waals surface area contributed by atoms with Crippen LogP contribution < -0.4 is 0 Å². The fourth-order valence-corrected chi connectivity index (χ4v) is 2.99. The summed E-state index contributed by atoms with van der Waals surface area (Å²) in [6.07, 6.45) is 2.98. The number of carbonyl (C=O) groups is 1. The smallest absolute Gasteiger partial charge is 0.307 e. The Hall–Kier alpha value is -1.39. The molecule has 1 heterocycles. The average molecular weight is 288 g/mol. The van der Waals surface area contributed by atoms with Gasteiger partial charge in [-0.25, -0.2) is 0 Å². The highest BCUT2D eigenvalue weighted by Gasteiger charge is 2.26. The molecule has 4 heteroatoms. The normalized spacial score (nSPS) is 20.6. The molecule has 1 aliphatic heterocycles. The van der Waals surface area contributed by atoms with Gasteiger partial charge in [-0.1, -0.05) is 24.3 Å². The van der Waals surface area contributed by atoms with Crippen LogP contribution in [0.5, 0.6) is 0 Å². The number of carboxylic acids is 1. The Morgan fingerprint density at radius 2 is 1.57 bits per heavy atom. The SMILES string of the molecule is O=C(O)Cc1ccc(CN2CCN(CC3CC3)CC2)cc1. The van der Waals surface area contributed by atoms with Gasteiger partial charge in [-0.15, -0.1) is 0 Å². The molecule has 0 spiro atoms. The van der Waals surface area contributed by atoms with E-state index in [1.807, 2.05) is 12.1 Å². The van der Waals surface area contributed by atoms with Crippen LogP contribution in [0.25, 0.3) is 0 Å². The Kier molecular flexibility index (Phi) is 4.56. The minimum Gasteiger partial charge on any atom is -0.481 e. The highest BCUT2D eigenvalue weighted by atomic mass is 16.4. The fraction of sp³-hybridized carbons (Fsp3) is 0.588. The number of aliphatic carboxylic acids is 1. The van der Waals surface area contributed by atoms with E-state index in [1.165, 1.54) is 38.0 Å². The summed E-state index contributed by atoms with van der Waals surface area (Å²) in [7, 11) is 0.